The van der Waals surface area contributed by atoms with E-state index in [4.69, 9.17) is 5.73 Å². The smallest absolute Gasteiger partial charge is 0.266 e. The number of amides is 1. The van der Waals surface area contributed by atoms with Crippen LogP contribution in [0.1, 0.15) is 20.4 Å². The highest BCUT2D eigenvalue weighted by Crippen LogP contribution is 2.21. The van der Waals surface area contributed by atoms with Gasteiger partial charge in [-0.1, -0.05) is 0 Å². The fourth-order valence-corrected chi connectivity index (χ4v) is 2.88. The van der Waals surface area contributed by atoms with Gasteiger partial charge in [-0.2, -0.15) is 0 Å². The molecule has 2 heterocycles. The maximum absolute atomic E-state index is 12.1. The van der Waals surface area contributed by atoms with Crippen LogP contribution >= 0.6 is 22.7 Å². The molecule has 0 aliphatic heterocycles. The van der Waals surface area contributed by atoms with Crippen LogP contribution in [0.5, 0.6) is 0 Å². The first kappa shape index (κ1) is 12.1. The standard InChI is InChI=1S/C11H13N3OS2/c1-7-13-8(6-17-7)5-14(2)11(15)10-9(12)3-4-16-10/h3-4,6H,5,12H2,1-2H3. The third-order valence-corrected chi connectivity index (χ3v) is 4.04. The van der Waals surface area contributed by atoms with Gasteiger partial charge in [-0.05, 0) is 18.4 Å². The Kier molecular flexibility index (Phi) is 3.44. The average Bonchev–Trinajstić information content (AvgIpc) is 2.86. The lowest BCUT2D eigenvalue weighted by molar-refractivity contribution is 0.0789. The van der Waals surface area contributed by atoms with E-state index in [9.17, 15) is 4.79 Å². The molecule has 0 atom stereocenters. The number of thiophene rings is 1. The minimum absolute atomic E-state index is 0.0526. The second kappa shape index (κ2) is 4.85. The molecule has 2 N–H and O–H groups in total. The van der Waals surface area contributed by atoms with Gasteiger partial charge in [-0.25, -0.2) is 4.98 Å². The van der Waals surface area contributed by atoms with E-state index >= 15 is 0 Å². The third kappa shape index (κ3) is 2.65. The molecule has 0 fully saturated rings. The van der Waals surface area contributed by atoms with Gasteiger partial charge in [0.1, 0.15) is 4.88 Å². The van der Waals surface area contributed by atoms with E-state index < -0.39 is 0 Å². The van der Waals surface area contributed by atoms with Gasteiger partial charge in [-0.3, -0.25) is 4.79 Å². The van der Waals surface area contributed by atoms with Crippen LogP contribution in [0.2, 0.25) is 0 Å². The number of carbonyl (C=O) groups is 1. The number of nitrogens with zero attached hydrogens (tertiary/aromatic N) is 2. The molecule has 6 heteroatoms. The predicted molar refractivity (Wildman–Crippen MR) is 71.4 cm³/mol. The zero-order valence-corrected chi connectivity index (χ0v) is 11.3. The first-order chi connectivity index (χ1) is 8.08. The Morgan fingerprint density at radius 3 is 2.82 bits per heavy atom. The van der Waals surface area contributed by atoms with E-state index in [1.165, 1.54) is 11.3 Å². The summed E-state index contributed by atoms with van der Waals surface area (Å²) in [6, 6.07) is 1.75. The van der Waals surface area contributed by atoms with Crippen molar-refractivity contribution in [3.05, 3.63) is 32.4 Å². The molecule has 2 rings (SSSR count). The van der Waals surface area contributed by atoms with Crippen molar-refractivity contribution in [2.75, 3.05) is 12.8 Å². The molecule has 17 heavy (non-hydrogen) atoms. The molecule has 0 unspecified atom stereocenters. The number of nitrogens with two attached hydrogens (primary N) is 1. The van der Waals surface area contributed by atoms with Crippen LogP contribution in [0.3, 0.4) is 0 Å². The summed E-state index contributed by atoms with van der Waals surface area (Å²) in [6.45, 7) is 2.47. The molecule has 0 bridgehead atoms. The van der Waals surface area contributed by atoms with Crippen LogP contribution in [-0.4, -0.2) is 22.8 Å². The number of aryl methyl sites for hydroxylation is 1. The predicted octanol–water partition coefficient (Wildman–Crippen LogP) is 2.37. The summed E-state index contributed by atoms with van der Waals surface area (Å²) < 4.78 is 0. The van der Waals surface area contributed by atoms with E-state index in [0.29, 0.717) is 17.1 Å². The van der Waals surface area contributed by atoms with Gasteiger partial charge in [0.05, 0.1) is 22.9 Å². The number of hydrogen-bond donors (Lipinski definition) is 1. The van der Waals surface area contributed by atoms with Gasteiger partial charge >= 0.3 is 0 Å². The van der Waals surface area contributed by atoms with Gasteiger partial charge in [0.25, 0.3) is 5.91 Å². The molecule has 0 spiro atoms. The van der Waals surface area contributed by atoms with E-state index in [1.807, 2.05) is 17.7 Å². The van der Waals surface area contributed by atoms with Crippen molar-refractivity contribution in [3.8, 4) is 0 Å². The SMILES string of the molecule is Cc1nc(CN(C)C(=O)c2sccc2N)cs1. The molecule has 1 amide bonds. The summed E-state index contributed by atoms with van der Waals surface area (Å²) in [5.41, 5.74) is 7.18. The Morgan fingerprint density at radius 2 is 2.29 bits per heavy atom. The molecule has 0 saturated heterocycles. The van der Waals surface area contributed by atoms with Crippen LogP contribution in [-0.2, 0) is 6.54 Å². The van der Waals surface area contributed by atoms with E-state index in [0.717, 1.165) is 10.7 Å². The number of nitrogen functional groups attached to an aromatic ring is 1. The fourth-order valence-electron chi connectivity index (χ4n) is 1.46. The van der Waals surface area contributed by atoms with E-state index in [-0.39, 0.29) is 5.91 Å². The lowest BCUT2D eigenvalue weighted by Gasteiger charge is -2.15. The fraction of sp³-hybridized carbons (Fsp3) is 0.273. The molecule has 0 aliphatic carbocycles. The quantitative estimate of drug-likeness (QED) is 0.928. The summed E-state index contributed by atoms with van der Waals surface area (Å²) in [5, 5.41) is 4.80. The van der Waals surface area contributed by atoms with Gasteiger partial charge in [0.15, 0.2) is 0 Å². The Morgan fingerprint density at radius 1 is 1.53 bits per heavy atom. The lowest BCUT2D eigenvalue weighted by Crippen LogP contribution is -2.26. The molecule has 2 aromatic rings. The molecule has 2 aromatic heterocycles. The Labute approximate surface area is 108 Å². The van der Waals surface area contributed by atoms with Crippen LogP contribution in [0.15, 0.2) is 16.8 Å². The highest BCUT2D eigenvalue weighted by atomic mass is 32.1. The van der Waals surface area contributed by atoms with Crippen molar-refractivity contribution in [2.24, 2.45) is 0 Å². The van der Waals surface area contributed by atoms with Crippen LogP contribution in [0, 0.1) is 6.92 Å². The van der Waals surface area contributed by atoms with Crippen LogP contribution in [0.25, 0.3) is 0 Å². The zero-order chi connectivity index (χ0) is 12.4. The Bertz CT molecular complexity index is 532. The average molecular weight is 267 g/mol. The Hall–Kier alpha value is -1.40. The third-order valence-electron chi connectivity index (χ3n) is 2.30. The number of hydrogen-bond acceptors (Lipinski definition) is 5. The van der Waals surface area contributed by atoms with E-state index in [2.05, 4.69) is 4.98 Å². The van der Waals surface area contributed by atoms with Crippen LogP contribution in [0.4, 0.5) is 5.69 Å². The van der Waals surface area contributed by atoms with Gasteiger partial charge in [0.2, 0.25) is 0 Å². The number of aromatic nitrogens is 1. The lowest BCUT2D eigenvalue weighted by atomic mass is 10.3. The van der Waals surface area contributed by atoms with Crippen LogP contribution < -0.4 is 5.73 Å². The Balaban J connectivity index is 2.08. The summed E-state index contributed by atoms with van der Waals surface area (Å²) >= 11 is 2.96. The van der Waals surface area contributed by atoms with E-state index in [1.54, 1.807) is 29.4 Å². The second-order valence-corrected chi connectivity index (χ2v) is 5.70. The van der Waals surface area contributed by atoms with Gasteiger partial charge in [0, 0.05) is 12.4 Å². The monoisotopic (exact) mass is 267 g/mol. The minimum Gasteiger partial charge on any atom is -0.397 e. The molecule has 0 saturated carbocycles. The molecule has 4 nitrogen and oxygen atoms in total. The first-order valence-electron chi connectivity index (χ1n) is 5.07. The first-order valence-corrected chi connectivity index (χ1v) is 6.83. The molecule has 0 aliphatic rings. The van der Waals surface area contributed by atoms with Crippen molar-refractivity contribution in [1.82, 2.24) is 9.88 Å². The molecule has 0 radical (unpaired) electrons. The van der Waals surface area contributed by atoms with Crippen molar-refractivity contribution in [2.45, 2.75) is 13.5 Å². The normalized spacial score (nSPS) is 10.5. The molecular weight excluding hydrogens is 254 g/mol. The van der Waals surface area contributed by atoms with Crippen molar-refractivity contribution < 1.29 is 4.79 Å². The maximum Gasteiger partial charge on any atom is 0.266 e. The molecule has 90 valence electrons. The second-order valence-electron chi connectivity index (χ2n) is 3.72. The molecular formula is C11H13N3OS2. The van der Waals surface area contributed by atoms with Crippen molar-refractivity contribution in [3.63, 3.8) is 0 Å². The number of thiazole rings is 1. The van der Waals surface area contributed by atoms with Gasteiger partial charge in [-0.15, -0.1) is 22.7 Å². The highest BCUT2D eigenvalue weighted by Gasteiger charge is 2.16. The molecule has 0 aromatic carbocycles. The number of carbonyl (C=O) groups excluding carboxylic acids is 1. The zero-order valence-electron chi connectivity index (χ0n) is 9.64. The topological polar surface area (TPSA) is 59.2 Å². The summed E-state index contributed by atoms with van der Waals surface area (Å²) in [7, 11) is 1.76. The van der Waals surface area contributed by atoms with Gasteiger partial charge < -0.3 is 10.6 Å². The van der Waals surface area contributed by atoms with Crippen molar-refractivity contribution in [1.29, 1.82) is 0 Å². The highest BCUT2D eigenvalue weighted by molar-refractivity contribution is 7.12. The number of anilines is 1. The summed E-state index contributed by atoms with van der Waals surface area (Å²) in [5.74, 6) is -0.0526. The summed E-state index contributed by atoms with van der Waals surface area (Å²) in [6.07, 6.45) is 0. The summed E-state index contributed by atoms with van der Waals surface area (Å²) in [4.78, 5) is 18.6. The van der Waals surface area contributed by atoms with Crippen molar-refractivity contribution >= 4 is 34.3 Å². The largest absolute Gasteiger partial charge is 0.397 e. The minimum atomic E-state index is -0.0526. The number of rotatable bonds is 3. The maximum atomic E-state index is 12.1.